The Hall–Kier alpha value is -2.43. The van der Waals surface area contributed by atoms with Crippen molar-refractivity contribution >= 4 is 16.7 Å². The summed E-state index contributed by atoms with van der Waals surface area (Å²) >= 11 is 0. The Morgan fingerprint density at radius 3 is 2.39 bits per heavy atom. The van der Waals surface area contributed by atoms with Gasteiger partial charge in [-0.3, -0.25) is 4.57 Å². The van der Waals surface area contributed by atoms with E-state index in [1.54, 1.807) is 18.7 Å². The summed E-state index contributed by atoms with van der Waals surface area (Å²) in [5.74, 6) is 0.579. The molecule has 3 aromatic rings. The number of anilines is 1. The van der Waals surface area contributed by atoms with Crippen molar-refractivity contribution in [3.8, 4) is 5.95 Å². The van der Waals surface area contributed by atoms with Gasteiger partial charge in [-0.05, 0) is 37.1 Å². The molecule has 1 aromatic carbocycles. The van der Waals surface area contributed by atoms with E-state index in [2.05, 4.69) is 40.9 Å². The van der Waals surface area contributed by atoms with Crippen molar-refractivity contribution in [2.24, 2.45) is 0 Å². The molecule has 0 fully saturated rings. The maximum absolute atomic E-state index is 5.59. The Morgan fingerprint density at radius 2 is 1.67 bits per heavy atom. The van der Waals surface area contributed by atoms with Gasteiger partial charge in [0.05, 0.1) is 29.1 Å². The van der Waals surface area contributed by atoms with E-state index in [0.717, 1.165) is 11.0 Å². The van der Waals surface area contributed by atoms with E-state index >= 15 is 0 Å². The Balaban J connectivity index is 2.23. The zero-order chi connectivity index (χ0) is 12.7. The van der Waals surface area contributed by atoms with Crippen LogP contribution in [-0.2, 0) is 0 Å². The molecule has 0 aliphatic rings. The number of hydrogen-bond donors (Lipinski definition) is 1. The largest absolute Gasteiger partial charge is 0.396 e. The molecule has 0 aliphatic carbocycles. The third-order valence-corrected chi connectivity index (χ3v) is 3.04. The molecule has 2 heterocycles. The molecule has 0 radical (unpaired) electrons. The quantitative estimate of drug-likeness (QED) is 0.705. The lowest BCUT2D eigenvalue weighted by Crippen LogP contribution is -2.00. The van der Waals surface area contributed by atoms with Crippen LogP contribution in [0.5, 0.6) is 0 Å². The summed E-state index contributed by atoms with van der Waals surface area (Å²) in [6.45, 7) is 4.16. The Labute approximate surface area is 104 Å². The van der Waals surface area contributed by atoms with Crippen LogP contribution in [0.2, 0.25) is 0 Å². The molecule has 0 saturated heterocycles. The van der Waals surface area contributed by atoms with Gasteiger partial charge in [0.15, 0.2) is 0 Å². The third-order valence-electron chi connectivity index (χ3n) is 3.04. The van der Waals surface area contributed by atoms with E-state index in [0.29, 0.717) is 11.6 Å². The average molecular weight is 239 g/mol. The molecular formula is C13H13N5. The molecule has 2 aromatic heterocycles. The minimum atomic E-state index is 0.551. The van der Waals surface area contributed by atoms with Gasteiger partial charge >= 0.3 is 0 Å². The molecule has 18 heavy (non-hydrogen) atoms. The van der Waals surface area contributed by atoms with Crippen molar-refractivity contribution in [1.82, 2.24) is 19.5 Å². The van der Waals surface area contributed by atoms with Crippen LogP contribution in [0.3, 0.4) is 0 Å². The van der Waals surface area contributed by atoms with Crippen molar-refractivity contribution in [2.45, 2.75) is 13.8 Å². The lowest BCUT2D eigenvalue weighted by molar-refractivity contribution is 0.950. The molecule has 90 valence electrons. The number of hydrogen-bond acceptors (Lipinski definition) is 4. The van der Waals surface area contributed by atoms with Crippen LogP contribution < -0.4 is 5.73 Å². The fourth-order valence-corrected chi connectivity index (χ4v) is 1.88. The number of aryl methyl sites for hydroxylation is 2. The van der Waals surface area contributed by atoms with Gasteiger partial charge in [0.25, 0.3) is 0 Å². The summed E-state index contributed by atoms with van der Waals surface area (Å²) in [4.78, 5) is 12.8. The number of nitrogen functional groups attached to an aromatic ring is 1. The summed E-state index contributed by atoms with van der Waals surface area (Å²) in [7, 11) is 0. The normalized spacial score (nSPS) is 11.0. The smallest absolute Gasteiger partial charge is 0.235 e. The first-order valence-electron chi connectivity index (χ1n) is 5.67. The average Bonchev–Trinajstić information content (AvgIpc) is 2.74. The van der Waals surface area contributed by atoms with Crippen molar-refractivity contribution in [3.05, 3.63) is 42.0 Å². The lowest BCUT2D eigenvalue weighted by Gasteiger charge is -2.04. The number of benzene rings is 1. The van der Waals surface area contributed by atoms with E-state index in [9.17, 15) is 0 Å². The highest BCUT2D eigenvalue weighted by atomic mass is 15.2. The molecule has 0 spiro atoms. The molecule has 0 amide bonds. The number of nitrogens with two attached hydrogens (primary N) is 1. The Morgan fingerprint density at radius 1 is 1.00 bits per heavy atom. The van der Waals surface area contributed by atoms with Crippen molar-refractivity contribution in [1.29, 1.82) is 0 Å². The summed E-state index contributed by atoms with van der Waals surface area (Å²) in [5, 5.41) is 0. The maximum Gasteiger partial charge on any atom is 0.235 e. The van der Waals surface area contributed by atoms with Crippen molar-refractivity contribution < 1.29 is 0 Å². The standard InChI is InChI=1S/C13H13N5/c1-8-3-11-12(4-9(8)2)18(7-17-11)13-15-5-10(14)6-16-13/h3-7H,14H2,1-2H3. The maximum atomic E-state index is 5.59. The fourth-order valence-electron chi connectivity index (χ4n) is 1.88. The van der Waals surface area contributed by atoms with Gasteiger partial charge in [-0.1, -0.05) is 0 Å². The number of aromatic nitrogens is 4. The SMILES string of the molecule is Cc1cc2ncn(-c3ncc(N)cn3)c2cc1C. The van der Waals surface area contributed by atoms with Crippen molar-refractivity contribution in [2.75, 3.05) is 5.73 Å². The van der Waals surface area contributed by atoms with Crippen LogP contribution in [0.25, 0.3) is 17.0 Å². The first-order valence-corrected chi connectivity index (χ1v) is 5.67. The van der Waals surface area contributed by atoms with E-state index < -0.39 is 0 Å². The molecule has 0 aliphatic heterocycles. The predicted molar refractivity (Wildman–Crippen MR) is 70.5 cm³/mol. The van der Waals surface area contributed by atoms with Gasteiger partial charge in [-0.25, -0.2) is 15.0 Å². The zero-order valence-electron chi connectivity index (χ0n) is 10.3. The number of rotatable bonds is 1. The van der Waals surface area contributed by atoms with Crippen molar-refractivity contribution in [3.63, 3.8) is 0 Å². The lowest BCUT2D eigenvalue weighted by atomic mass is 10.1. The molecule has 0 atom stereocenters. The first kappa shape index (κ1) is 10.7. The number of imidazole rings is 1. The summed E-state index contributed by atoms with van der Waals surface area (Å²) in [6, 6.07) is 4.16. The first-order chi connectivity index (χ1) is 8.65. The second kappa shape index (κ2) is 3.80. The second-order valence-corrected chi connectivity index (χ2v) is 4.36. The zero-order valence-corrected chi connectivity index (χ0v) is 10.3. The molecule has 0 unspecified atom stereocenters. The minimum Gasteiger partial charge on any atom is -0.396 e. The topological polar surface area (TPSA) is 69.6 Å². The summed E-state index contributed by atoms with van der Waals surface area (Å²) < 4.78 is 1.86. The van der Waals surface area contributed by atoms with E-state index in [4.69, 9.17) is 5.73 Å². The van der Waals surface area contributed by atoms with Gasteiger partial charge < -0.3 is 5.73 Å². The Bertz CT molecular complexity index is 712. The van der Waals surface area contributed by atoms with E-state index in [-0.39, 0.29) is 0 Å². The molecule has 3 rings (SSSR count). The number of nitrogens with zero attached hydrogens (tertiary/aromatic N) is 4. The summed E-state index contributed by atoms with van der Waals surface area (Å²) in [5.41, 5.74) is 10.5. The van der Waals surface area contributed by atoms with E-state index in [1.807, 2.05) is 4.57 Å². The molecule has 5 nitrogen and oxygen atoms in total. The second-order valence-electron chi connectivity index (χ2n) is 4.36. The third kappa shape index (κ3) is 1.60. The van der Waals surface area contributed by atoms with Gasteiger partial charge in [0.2, 0.25) is 5.95 Å². The predicted octanol–water partition coefficient (Wildman–Crippen LogP) is 2.01. The Kier molecular flexibility index (Phi) is 2.26. The molecule has 0 saturated carbocycles. The van der Waals surface area contributed by atoms with Gasteiger partial charge in [0, 0.05) is 0 Å². The van der Waals surface area contributed by atoms with Crippen LogP contribution in [-0.4, -0.2) is 19.5 Å². The molecule has 0 bridgehead atoms. The molecule has 2 N–H and O–H groups in total. The highest BCUT2D eigenvalue weighted by molar-refractivity contribution is 5.78. The number of fused-ring (bicyclic) bond motifs is 1. The highest BCUT2D eigenvalue weighted by Crippen LogP contribution is 2.20. The van der Waals surface area contributed by atoms with Gasteiger partial charge in [-0.15, -0.1) is 0 Å². The van der Waals surface area contributed by atoms with Crippen LogP contribution in [0.1, 0.15) is 11.1 Å². The molecule has 5 heteroatoms. The molecular weight excluding hydrogens is 226 g/mol. The summed E-state index contributed by atoms with van der Waals surface area (Å²) in [6.07, 6.45) is 4.92. The minimum absolute atomic E-state index is 0.551. The van der Waals surface area contributed by atoms with Crippen LogP contribution in [0.15, 0.2) is 30.9 Å². The van der Waals surface area contributed by atoms with Gasteiger partial charge in [0.1, 0.15) is 6.33 Å². The highest BCUT2D eigenvalue weighted by Gasteiger charge is 2.08. The van der Waals surface area contributed by atoms with Gasteiger partial charge in [-0.2, -0.15) is 0 Å². The van der Waals surface area contributed by atoms with Crippen LogP contribution >= 0.6 is 0 Å². The monoisotopic (exact) mass is 239 g/mol. The van der Waals surface area contributed by atoms with E-state index in [1.165, 1.54) is 11.1 Å². The fraction of sp³-hybridized carbons (Fsp3) is 0.154. The van der Waals surface area contributed by atoms with Crippen LogP contribution in [0.4, 0.5) is 5.69 Å². The van der Waals surface area contributed by atoms with Crippen LogP contribution in [0, 0.1) is 13.8 Å².